The second kappa shape index (κ2) is 5.34. The lowest BCUT2D eigenvalue weighted by atomic mass is 10.2. The number of amides is 2. The quantitative estimate of drug-likeness (QED) is 0.740. The topological polar surface area (TPSA) is 59.5 Å². The van der Waals surface area contributed by atoms with Crippen LogP contribution in [0.4, 0.5) is 18.9 Å². The number of nitrogens with zero attached hydrogens (tertiary/aromatic N) is 2. The van der Waals surface area contributed by atoms with E-state index >= 15 is 0 Å². The van der Waals surface area contributed by atoms with Crippen LogP contribution in [0.3, 0.4) is 0 Å². The monoisotopic (exact) mass is 386 g/mol. The highest BCUT2D eigenvalue weighted by atomic mass is 79.9. The first-order valence-electron chi connectivity index (χ1n) is 6.17. The van der Waals surface area contributed by atoms with Gasteiger partial charge in [-0.2, -0.15) is 0 Å². The largest absolute Gasteiger partial charge is 0.573 e. The molecule has 0 aliphatic carbocycles. The van der Waals surface area contributed by atoms with Crippen molar-refractivity contribution in [2.45, 2.75) is 6.36 Å². The molecular formula is C14H6BrF3N2O3. The van der Waals surface area contributed by atoms with Gasteiger partial charge in [-0.3, -0.25) is 14.6 Å². The zero-order valence-corrected chi connectivity index (χ0v) is 12.7. The summed E-state index contributed by atoms with van der Waals surface area (Å²) in [6, 6.07) is 6.45. The lowest BCUT2D eigenvalue weighted by Crippen LogP contribution is -2.31. The Labute approximate surface area is 135 Å². The molecule has 2 amide bonds. The van der Waals surface area contributed by atoms with Crippen LogP contribution in [0.1, 0.15) is 20.8 Å². The van der Waals surface area contributed by atoms with Crippen molar-refractivity contribution in [2.24, 2.45) is 0 Å². The van der Waals surface area contributed by atoms with Gasteiger partial charge in [0.05, 0.1) is 11.3 Å². The number of hydrogen-bond acceptors (Lipinski definition) is 4. The van der Waals surface area contributed by atoms with Crippen LogP contribution in [-0.4, -0.2) is 23.2 Å². The number of benzene rings is 1. The number of rotatable bonds is 2. The molecule has 9 heteroatoms. The minimum atomic E-state index is -4.97. The number of carbonyl (C=O) groups excluding carboxylic acids is 2. The summed E-state index contributed by atoms with van der Waals surface area (Å²) in [4.78, 5) is 29.1. The Morgan fingerprint density at radius 2 is 1.87 bits per heavy atom. The van der Waals surface area contributed by atoms with Gasteiger partial charge in [-0.15, -0.1) is 13.2 Å². The number of hydrogen-bond donors (Lipinski definition) is 0. The Bertz CT molecular complexity index is 788. The maximum atomic E-state index is 12.6. The SMILES string of the molecule is O=C1c2cccnc2C(=O)N1c1ccc(Br)cc1OC(F)(F)F. The fraction of sp³-hybridized carbons (Fsp3) is 0.0714. The van der Waals surface area contributed by atoms with E-state index in [1.807, 2.05) is 0 Å². The number of anilines is 1. The van der Waals surface area contributed by atoms with E-state index < -0.39 is 23.9 Å². The molecule has 0 bridgehead atoms. The van der Waals surface area contributed by atoms with E-state index in [0.717, 1.165) is 6.07 Å². The molecule has 0 unspecified atom stereocenters. The van der Waals surface area contributed by atoms with Crippen LogP contribution < -0.4 is 9.64 Å². The van der Waals surface area contributed by atoms with E-state index in [0.29, 0.717) is 9.37 Å². The molecular weight excluding hydrogens is 381 g/mol. The molecule has 3 rings (SSSR count). The predicted molar refractivity (Wildman–Crippen MR) is 76.2 cm³/mol. The van der Waals surface area contributed by atoms with Crippen molar-refractivity contribution in [3.05, 3.63) is 52.3 Å². The Morgan fingerprint density at radius 3 is 2.52 bits per heavy atom. The average Bonchev–Trinajstić information content (AvgIpc) is 2.71. The van der Waals surface area contributed by atoms with Crippen LogP contribution in [-0.2, 0) is 0 Å². The van der Waals surface area contributed by atoms with E-state index in [2.05, 4.69) is 25.7 Å². The Kier molecular flexibility index (Phi) is 3.59. The number of halogens is 4. The normalized spacial score (nSPS) is 14.2. The maximum absolute atomic E-state index is 12.6. The number of fused-ring (bicyclic) bond motifs is 1. The first-order chi connectivity index (χ1) is 10.8. The summed E-state index contributed by atoms with van der Waals surface area (Å²) in [5.41, 5.74) is -0.393. The number of aromatic nitrogens is 1. The van der Waals surface area contributed by atoms with Crippen LogP contribution in [0.5, 0.6) is 5.75 Å². The Hall–Kier alpha value is -2.42. The van der Waals surface area contributed by atoms with Crippen LogP contribution >= 0.6 is 15.9 Å². The van der Waals surface area contributed by atoms with Crippen molar-refractivity contribution in [1.29, 1.82) is 0 Å². The van der Waals surface area contributed by atoms with Crippen molar-refractivity contribution in [1.82, 2.24) is 4.98 Å². The number of alkyl halides is 3. The lowest BCUT2D eigenvalue weighted by Gasteiger charge is -2.19. The van der Waals surface area contributed by atoms with Gasteiger partial charge in [0.1, 0.15) is 5.69 Å². The summed E-state index contributed by atoms with van der Waals surface area (Å²) >= 11 is 3.02. The van der Waals surface area contributed by atoms with Gasteiger partial charge in [0.15, 0.2) is 5.75 Å². The molecule has 1 aromatic heterocycles. The number of ether oxygens (including phenoxy) is 1. The molecule has 0 fully saturated rings. The number of carbonyl (C=O) groups is 2. The predicted octanol–water partition coefficient (Wildman–Crippen LogP) is 3.54. The van der Waals surface area contributed by atoms with Crippen LogP contribution in [0, 0.1) is 0 Å². The highest BCUT2D eigenvalue weighted by Gasteiger charge is 2.41. The molecule has 5 nitrogen and oxygen atoms in total. The number of pyridine rings is 1. The molecule has 1 aliphatic rings. The molecule has 1 aromatic carbocycles. The zero-order chi connectivity index (χ0) is 16.8. The van der Waals surface area contributed by atoms with Gasteiger partial charge >= 0.3 is 6.36 Å². The Balaban J connectivity index is 2.10. The van der Waals surface area contributed by atoms with Crippen LogP contribution in [0.25, 0.3) is 0 Å². The summed E-state index contributed by atoms with van der Waals surface area (Å²) in [5, 5.41) is 0. The maximum Gasteiger partial charge on any atom is 0.573 e. The van der Waals surface area contributed by atoms with Gasteiger partial charge in [0.2, 0.25) is 0 Å². The third-order valence-electron chi connectivity index (χ3n) is 3.04. The highest BCUT2D eigenvalue weighted by molar-refractivity contribution is 9.10. The third kappa shape index (κ3) is 2.79. The highest BCUT2D eigenvalue weighted by Crippen LogP contribution is 2.38. The van der Waals surface area contributed by atoms with Crippen molar-refractivity contribution >= 4 is 33.4 Å². The molecule has 2 heterocycles. The molecule has 0 radical (unpaired) electrons. The third-order valence-corrected chi connectivity index (χ3v) is 3.53. The summed E-state index contributed by atoms with van der Waals surface area (Å²) in [6.45, 7) is 0. The summed E-state index contributed by atoms with van der Waals surface area (Å²) in [7, 11) is 0. The Morgan fingerprint density at radius 1 is 1.13 bits per heavy atom. The van der Waals surface area contributed by atoms with Crippen molar-refractivity contribution < 1.29 is 27.5 Å². The van der Waals surface area contributed by atoms with Crippen molar-refractivity contribution in [2.75, 3.05) is 4.90 Å². The first-order valence-corrected chi connectivity index (χ1v) is 6.96. The minimum absolute atomic E-state index is 0.0263. The van der Waals surface area contributed by atoms with Crippen LogP contribution in [0.2, 0.25) is 0 Å². The molecule has 0 saturated carbocycles. The van der Waals surface area contributed by atoms with Gasteiger partial charge < -0.3 is 4.74 Å². The van der Waals surface area contributed by atoms with Crippen molar-refractivity contribution in [3.8, 4) is 5.75 Å². The lowest BCUT2D eigenvalue weighted by molar-refractivity contribution is -0.274. The van der Waals surface area contributed by atoms with E-state index in [4.69, 9.17) is 0 Å². The van der Waals surface area contributed by atoms with E-state index in [1.54, 1.807) is 0 Å². The van der Waals surface area contributed by atoms with Gasteiger partial charge in [0.25, 0.3) is 11.8 Å². The van der Waals surface area contributed by atoms with Gasteiger partial charge in [-0.1, -0.05) is 15.9 Å². The zero-order valence-electron chi connectivity index (χ0n) is 11.1. The smallest absolute Gasteiger partial charge is 0.403 e. The van der Waals surface area contributed by atoms with E-state index in [1.165, 1.54) is 30.5 Å². The van der Waals surface area contributed by atoms with Crippen LogP contribution in [0.15, 0.2) is 41.0 Å². The fourth-order valence-corrected chi connectivity index (χ4v) is 2.50. The first kappa shape index (κ1) is 15.5. The molecule has 23 heavy (non-hydrogen) atoms. The molecule has 118 valence electrons. The van der Waals surface area contributed by atoms with E-state index in [9.17, 15) is 22.8 Å². The molecule has 0 spiro atoms. The fourth-order valence-electron chi connectivity index (χ4n) is 2.16. The summed E-state index contributed by atoms with van der Waals surface area (Å²) in [6.07, 6.45) is -3.64. The van der Waals surface area contributed by atoms with Gasteiger partial charge in [-0.25, -0.2) is 4.90 Å². The molecule has 1 aliphatic heterocycles. The molecule has 0 atom stereocenters. The summed E-state index contributed by atoms with van der Waals surface area (Å²) in [5.74, 6) is -2.23. The van der Waals surface area contributed by atoms with Gasteiger partial charge in [-0.05, 0) is 30.3 Å². The standard InChI is InChI=1S/C14H6BrF3N2O3/c15-7-3-4-9(10(6-7)23-14(16,17)18)20-12(21)8-2-1-5-19-11(8)13(20)22/h1-6H. The second-order valence-corrected chi connectivity index (χ2v) is 5.42. The molecule has 0 N–H and O–H groups in total. The molecule has 0 saturated heterocycles. The van der Waals surface area contributed by atoms with Gasteiger partial charge in [0, 0.05) is 10.7 Å². The van der Waals surface area contributed by atoms with E-state index in [-0.39, 0.29) is 16.9 Å². The average molecular weight is 387 g/mol. The number of imide groups is 1. The second-order valence-electron chi connectivity index (χ2n) is 4.51. The molecule has 2 aromatic rings. The summed E-state index contributed by atoms with van der Waals surface area (Å²) < 4.78 is 41.9. The van der Waals surface area contributed by atoms with Crippen molar-refractivity contribution in [3.63, 3.8) is 0 Å². The minimum Gasteiger partial charge on any atom is -0.403 e.